The second-order valence-electron chi connectivity index (χ2n) is 6.69. The van der Waals surface area contributed by atoms with Crippen LogP contribution < -0.4 is 10.2 Å². The zero-order valence-electron chi connectivity index (χ0n) is 15.8. The Hall–Kier alpha value is -2.92. The molecule has 0 amide bonds. The van der Waals surface area contributed by atoms with Gasteiger partial charge in [-0.05, 0) is 37.4 Å². The van der Waals surface area contributed by atoms with E-state index in [1.807, 2.05) is 24.3 Å². The van der Waals surface area contributed by atoms with Crippen molar-refractivity contribution in [3.8, 4) is 17.0 Å². The van der Waals surface area contributed by atoms with Gasteiger partial charge in [-0.1, -0.05) is 32.0 Å². The highest BCUT2D eigenvalue weighted by Crippen LogP contribution is 2.36. The van der Waals surface area contributed by atoms with Crippen LogP contribution >= 0.6 is 0 Å². The predicted molar refractivity (Wildman–Crippen MR) is 107 cm³/mol. The average molecular weight is 362 g/mol. The van der Waals surface area contributed by atoms with E-state index in [2.05, 4.69) is 18.7 Å². The minimum absolute atomic E-state index is 0.0356. The minimum atomic E-state index is -0.0865. The lowest BCUT2D eigenvalue weighted by Crippen LogP contribution is -2.28. The molecule has 27 heavy (non-hydrogen) atoms. The molecule has 1 aliphatic heterocycles. The lowest BCUT2D eigenvalue weighted by atomic mass is 10.0. The van der Waals surface area contributed by atoms with E-state index in [0.717, 1.165) is 24.3 Å². The summed E-state index contributed by atoms with van der Waals surface area (Å²) in [7, 11) is 1.57. The zero-order valence-corrected chi connectivity index (χ0v) is 15.8. The summed E-state index contributed by atoms with van der Waals surface area (Å²) in [6, 6.07) is 12.8. The van der Waals surface area contributed by atoms with Crippen LogP contribution in [-0.2, 0) is 6.54 Å². The van der Waals surface area contributed by atoms with E-state index >= 15 is 0 Å². The van der Waals surface area contributed by atoms with E-state index in [-0.39, 0.29) is 11.3 Å². The topological polar surface area (TPSA) is 51.5 Å². The van der Waals surface area contributed by atoms with Crippen molar-refractivity contribution in [3.05, 3.63) is 63.8 Å². The normalized spacial score (nSPS) is 12.5. The largest absolute Gasteiger partial charge is 0.497 e. The Kier molecular flexibility index (Phi) is 4.32. The molecule has 0 bridgehead atoms. The average Bonchev–Trinajstić information content (AvgIpc) is 3.01. The summed E-state index contributed by atoms with van der Waals surface area (Å²) in [5.41, 5.74) is 3.45. The number of benzene rings is 2. The smallest absolute Gasteiger partial charge is 0.263 e. The number of methoxy groups -OCH3 is 1. The monoisotopic (exact) mass is 362 g/mol. The second kappa shape index (κ2) is 6.67. The first kappa shape index (κ1) is 17.5. The molecule has 0 atom stereocenters. The lowest BCUT2D eigenvalue weighted by Gasteiger charge is -2.21. The first-order valence-corrected chi connectivity index (χ1v) is 9.22. The fraction of sp³-hybridized carbons (Fsp3) is 0.273. The van der Waals surface area contributed by atoms with Crippen LogP contribution in [0.5, 0.6) is 5.75 Å². The van der Waals surface area contributed by atoms with Gasteiger partial charge in [0.25, 0.3) is 5.91 Å². The van der Waals surface area contributed by atoms with Crippen molar-refractivity contribution in [3.63, 3.8) is 0 Å². The molecule has 138 valence electrons. The maximum Gasteiger partial charge on any atom is 0.263 e. The van der Waals surface area contributed by atoms with Crippen molar-refractivity contribution in [1.82, 2.24) is 9.47 Å². The zero-order chi connectivity index (χ0) is 19.1. The van der Waals surface area contributed by atoms with Gasteiger partial charge in [-0.3, -0.25) is 19.1 Å². The van der Waals surface area contributed by atoms with Crippen molar-refractivity contribution in [2.24, 2.45) is 0 Å². The molecule has 0 saturated carbocycles. The molecule has 0 radical (unpaired) electrons. The van der Waals surface area contributed by atoms with E-state index in [0.29, 0.717) is 34.3 Å². The number of carbonyl (C=O) groups is 1. The van der Waals surface area contributed by atoms with E-state index in [1.165, 1.54) is 0 Å². The number of hydrogen-bond acceptors (Lipinski definition) is 4. The van der Waals surface area contributed by atoms with Crippen molar-refractivity contribution in [2.45, 2.75) is 20.4 Å². The number of carbonyl (C=O) groups excluding carboxylic acids is 1. The molecule has 2 heterocycles. The molecule has 0 N–H and O–H groups in total. The van der Waals surface area contributed by atoms with E-state index in [4.69, 9.17) is 4.74 Å². The summed E-state index contributed by atoms with van der Waals surface area (Å²) in [5, 5.41) is 0.515. The Morgan fingerprint density at radius 2 is 1.70 bits per heavy atom. The van der Waals surface area contributed by atoms with Gasteiger partial charge in [-0.15, -0.1) is 0 Å². The highest BCUT2D eigenvalue weighted by molar-refractivity contribution is 6.13. The van der Waals surface area contributed by atoms with E-state index < -0.39 is 0 Å². The molecule has 0 unspecified atom stereocenters. The number of nitrogens with zero attached hydrogens (tertiary/aromatic N) is 2. The quantitative estimate of drug-likeness (QED) is 0.545. The molecule has 3 aromatic rings. The van der Waals surface area contributed by atoms with Gasteiger partial charge in [-0.25, -0.2) is 0 Å². The molecule has 1 aliphatic rings. The van der Waals surface area contributed by atoms with Crippen molar-refractivity contribution < 1.29 is 9.53 Å². The van der Waals surface area contributed by atoms with E-state index in [9.17, 15) is 9.59 Å². The molecule has 0 spiro atoms. The molecular formula is C22H22N2O3. The summed E-state index contributed by atoms with van der Waals surface area (Å²) in [4.78, 5) is 28.8. The number of fused-ring (bicyclic) bond motifs is 5. The van der Waals surface area contributed by atoms with Crippen molar-refractivity contribution in [2.75, 3.05) is 20.2 Å². The highest BCUT2D eigenvalue weighted by atomic mass is 16.5. The fourth-order valence-electron chi connectivity index (χ4n) is 3.85. The Morgan fingerprint density at radius 3 is 2.37 bits per heavy atom. The number of pyridine rings is 1. The Morgan fingerprint density at radius 1 is 1.00 bits per heavy atom. The van der Waals surface area contributed by atoms with Crippen molar-refractivity contribution in [1.29, 1.82) is 0 Å². The molecule has 4 rings (SSSR count). The molecular weight excluding hydrogens is 340 g/mol. The molecule has 5 heteroatoms. The van der Waals surface area contributed by atoms with Crippen LogP contribution in [0.1, 0.15) is 29.8 Å². The Balaban J connectivity index is 2.11. The van der Waals surface area contributed by atoms with Gasteiger partial charge in [0.1, 0.15) is 5.75 Å². The fourth-order valence-corrected chi connectivity index (χ4v) is 3.85. The second-order valence-corrected chi connectivity index (χ2v) is 6.69. The third-order valence-corrected chi connectivity index (χ3v) is 5.36. The number of rotatable bonds is 5. The third-order valence-electron chi connectivity index (χ3n) is 5.36. The first-order valence-electron chi connectivity index (χ1n) is 9.22. The van der Waals surface area contributed by atoms with Gasteiger partial charge < -0.3 is 4.74 Å². The third kappa shape index (κ3) is 2.58. The Bertz CT molecular complexity index is 1110. The maximum absolute atomic E-state index is 13.4. The summed E-state index contributed by atoms with van der Waals surface area (Å²) < 4.78 is 7.00. The van der Waals surface area contributed by atoms with Crippen LogP contribution in [0.3, 0.4) is 0 Å². The van der Waals surface area contributed by atoms with Crippen LogP contribution in [-0.4, -0.2) is 35.6 Å². The summed E-state index contributed by atoms with van der Waals surface area (Å²) in [6.45, 7) is 6.33. The van der Waals surface area contributed by atoms with Gasteiger partial charge in [0, 0.05) is 23.2 Å². The van der Waals surface area contributed by atoms with Crippen LogP contribution in [0.15, 0.2) is 47.3 Å². The summed E-state index contributed by atoms with van der Waals surface area (Å²) >= 11 is 0. The summed E-state index contributed by atoms with van der Waals surface area (Å²) in [5.74, 6) is 0.522. The molecule has 0 fully saturated rings. The SMILES string of the molecule is CCN(CC)Cc1c2n(c3ccc(OC)cc3c1=O)C(=O)c1ccccc1-2. The van der Waals surface area contributed by atoms with E-state index in [1.54, 1.807) is 29.9 Å². The lowest BCUT2D eigenvalue weighted by molar-refractivity contribution is 0.0973. The standard InChI is InChI=1S/C22H22N2O3/c1-4-23(5-2)13-18-20-15-8-6-7-9-16(15)22(26)24(20)19-11-10-14(27-3)12-17(19)21(18)25/h6-12H,4-5,13H2,1-3H3. The molecule has 2 aromatic carbocycles. The number of aromatic nitrogens is 1. The van der Waals surface area contributed by atoms with Gasteiger partial charge in [-0.2, -0.15) is 0 Å². The maximum atomic E-state index is 13.4. The first-order chi connectivity index (χ1) is 13.1. The van der Waals surface area contributed by atoms with Gasteiger partial charge in [0.15, 0.2) is 5.43 Å². The number of ether oxygens (including phenoxy) is 1. The predicted octanol–water partition coefficient (Wildman–Crippen LogP) is 3.52. The van der Waals surface area contributed by atoms with Gasteiger partial charge in [0.05, 0.1) is 23.7 Å². The van der Waals surface area contributed by atoms with Crippen LogP contribution in [0, 0.1) is 0 Å². The van der Waals surface area contributed by atoms with Gasteiger partial charge >= 0.3 is 0 Å². The molecule has 0 saturated heterocycles. The molecule has 1 aromatic heterocycles. The minimum Gasteiger partial charge on any atom is -0.497 e. The Labute approximate surface area is 157 Å². The number of hydrogen-bond donors (Lipinski definition) is 0. The van der Waals surface area contributed by atoms with Gasteiger partial charge in [0.2, 0.25) is 0 Å². The molecule has 0 aliphatic carbocycles. The highest BCUT2D eigenvalue weighted by Gasteiger charge is 2.31. The van der Waals surface area contributed by atoms with Crippen LogP contribution in [0.2, 0.25) is 0 Å². The summed E-state index contributed by atoms with van der Waals surface area (Å²) in [6.07, 6.45) is 0. The van der Waals surface area contributed by atoms with Crippen molar-refractivity contribution >= 4 is 16.8 Å². The van der Waals surface area contributed by atoms with Crippen LogP contribution in [0.4, 0.5) is 0 Å². The van der Waals surface area contributed by atoms with Crippen LogP contribution in [0.25, 0.3) is 22.2 Å². The molecule has 5 nitrogen and oxygen atoms in total.